The van der Waals surface area contributed by atoms with E-state index in [4.69, 9.17) is 0 Å². The zero-order chi connectivity index (χ0) is 31.9. The molecular weight excluding hydrogens is 585 g/mol. The Morgan fingerprint density at radius 3 is 1.17 bits per heavy atom. The summed E-state index contributed by atoms with van der Waals surface area (Å²) in [5.74, 6) is 0. The lowest BCUT2D eigenvalue weighted by Gasteiger charge is -2.26. The lowest BCUT2D eigenvalue weighted by Crippen LogP contribution is -2.10. The van der Waals surface area contributed by atoms with E-state index in [0.29, 0.717) is 0 Å². The highest BCUT2D eigenvalue weighted by atomic mass is 15.5. The van der Waals surface area contributed by atoms with Crippen LogP contribution in [0.2, 0.25) is 0 Å². The van der Waals surface area contributed by atoms with E-state index >= 15 is 0 Å². The number of hydrogen-bond donors (Lipinski definition) is 0. The summed E-state index contributed by atoms with van der Waals surface area (Å²) in [7, 11) is 0. The quantitative estimate of drug-likeness (QED) is 0.187. The number of hydrogen-bond acceptors (Lipinski definition) is 3. The van der Waals surface area contributed by atoms with Crippen LogP contribution in [0.3, 0.4) is 0 Å². The van der Waals surface area contributed by atoms with Gasteiger partial charge in [0.25, 0.3) is 0 Å². The molecule has 48 heavy (non-hydrogen) atoms. The molecule has 0 saturated carbocycles. The zero-order valence-electron chi connectivity index (χ0n) is 26.1. The van der Waals surface area contributed by atoms with Gasteiger partial charge in [-0.3, -0.25) is 0 Å². The molecule has 0 aliphatic rings. The Hall–Kier alpha value is -6.52. The van der Waals surface area contributed by atoms with Crippen molar-refractivity contribution in [3.8, 4) is 27.9 Å². The topological polar surface area (TPSA) is 34.0 Å². The van der Waals surface area contributed by atoms with E-state index in [1.54, 1.807) is 4.80 Å². The number of fused-ring (bicyclic) bond motifs is 3. The van der Waals surface area contributed by atoms with Crippen molar-refractivity contribution in [1.29, 1.82) is 0 Å². The highest BCUT2D eigenvalue weighted by Gasteiger charge is 2.15. The van der Waals surface area contributed by atoms with Crippen molar-refractivity contribution in [2.45, 2.75) is 0 Å². The molecule has 0 atom stereocenters. The summed E-state index contributed by atoms with van der Waals surface area (Å²) >= 11 is 0. The van der Waals surface area contributed by atoms with Gasteiger partial charge in [0.05, 0.1) is 5.69 Å². The minimum atomic E-state index is 0.876. The molecule has 0 N–H and O–H groups in total. The van der Waals surface area contributed by atoms with Crippen LogP contribution in [0.25, 0.3) is 60.5 Å². The van der Waals surface area contributed by atoms with Gasteiger partial charge in [0.2, 0.25) is 0 Å². The van der Waals surface area contributed by atoms with Gasteiger partial charge in [-0.25, -0.2) is 0 Å². The maximum atomic E-state index is 4.68. The van der Waals surface area contributed by atoms with E-state index in [0.717, 1.165) is 33.8 Å². The first kappa shape index (κ1) is 27.8. The van der Waals surface area contributed by atoms with Crippen LogP contribution in [0.1, 0.15) is 0 Å². The van der Waals surface area contributed by atoms with Gasteiger partial charge in [0.15, 0.2) is 0 Å². The molecule has 0 saturated heterocycles. The van der Waals surface area contributed by atoms with E-state index in [1.165, 1.54) is 43.8 Å². The summed E-state index contributed by atoms with van der Waals surface area (Å²) in [4.78, 5) is 4.00. The standard InChI is InChI=1S/C44H30N4/c1-3-9-35-29-37(15-13-31(35)7-1)33-17-21-39(22-18-33)47(41-25-27-42(28-26-41)48-45-43-11-5-6-12-44(43)46-48)40-23-19-34(20-24-40)38-16-14-32-8-2-4-10-36(32)30-38/h1-30H. The Morgan fingerprint density at radius 1 is 0.333 bits per heavy atom. The number of aromatic nitrogens is 3. The SMILES string of the molecule is c1ccc2cc(-c3ccc(N(c4ccc(-c5ccc6ccccc6c5)cc4)c4ccc(-n5nc6ccccc6n5)cc4)cc3)ccc2c1. The Bertz CT molecular complexity index is 2390. The van der Waals surface area contributed by atoms with E-state index in [9.17, 15) is 0 Å². The second-order valence-electron chi connectivity index (χ2n) is 12.0. The van der Waals surface area contributed by atoms with Gasteiger partial charge in [0, 0.05) is 17.1 Å². The molecule has 9 aromatic rings. The van der Waals surface area contributed by atoms with Crippen molar-refractivity contribution in [1.82, 2.24) is 15.0 Å². The van der Waals surface area contributed by atoms with Gasteiger partial charge in [0.1, 0.15) is 11.0 Å². The summed E-state index contributed by atoms with van der Waals surface area (Å²) < 4.78 is 0. The maximum absolute atomic E-state index is 4.68. The fourth-order valence-electron chi connectivity index (χ4n) is 6.50. The fraction of sp³-hybridized carbons (Fsp3) is 0. The predicted molar refractivity (Wildman–Crippen MR) is 199 cm³/mol. The minimum Gasteiger partial charge on any atom is -0.311 e. The molecule has 0 radical (unpaired) electrons. The van der Waals surface area contributed by atoms with Gasteiger partial charge >= 0.3 is 0 Å². The molecule has 0 bridgehead atoms. The Labute approximate surface area is 278 Å². The molecule has 226 valence electrons. The molecular formula is C44H30N4. The Balaban J connectivity index is 1.09. The van der Waals surface area contributed by atoms with Crippen LogP contribution in [-0.4, -0.2) is 15.0 Å². The highest BCUT2D eigenvalue weighted by Crippen LogP contribution is 2.37. The van der Waals surface area contributed by atoms with Crippen LogP contribution in [0.5, 0.6) is 0 Å². The van der Waals surface area contributed by atoms with Gasteiger partial charge in [-0.15, -0.1) is 10.2 Å². The molecule has 0 fully saturated rings. The fourth-order valence-corrected chi connectivity index (χ4v) is 6.50. The molecule has 8 aromatic carbocycles. The largest absolute Gasteiger partial charge is 0.311 e. The smallest absolute Gasteiger partial charge is 0.113 e. The van der Waals surface area contributed by atoms with Crippen molar-refractivity contribution >= 4 is 49.6 Å². The second-order valence-corrected chi connectivity index (χ2v) is 12.0. The molecule has 0 aliphatic heterocycles. The number of nitrogens with zero attached hydrogens (tertiary/aromatic N) is 4. The zero-order valence-corrected chi connectivity index (χ0v) is 26.1. The lowest BCUT2D eigenvalue weighted by atomic mass is 10.00. The molecule has 0 spiro atoms. The maximum Gasteiger partial charge on any atom is 0.113 e. The highest BCUT2D eigenvalue weighted by molar-refractivity contribution is 5.89. The predicted octanol–water partition coefficient (Wildman–Crippen LogP) is 11.5. The second kappa shape index (κ2) is 11.7. The normalized spacial score (nSPS) is 11.3. The molecule has 1 heterocycles. The van der Waals surface area contributed by atoms with Gasteiger partial charge < -0.3 is 4.90 Å². The molecule has 4 heteroatoms. The van der Waals surface area contributed by atoms with Crippen molar-refractivity contribution in [2.75, 3.05) is 4.90 Å². The van der Waals surface area contributed by atoms with Crippen LogP contribution in [0.4, 0.5) is 17.1 Å². The van der Waals surface area contributed by atoms with E-state index in [2.05, 4.69) is 173 Å². The Morgan fingerprint density at radius 2 is 0.708 bits per heavy atom. The number of anilines is 3. The van der Waals surface area contributed by atoms with Crippen molar-refractivity contribution in [3.05, 3.63) is 182 Å². The molecule has 9 rings (SSSR count). The van der Waals surface area contributed by atoms with Crippen LogP contribution in [0, 0.1) is 0 Å². The first-order chi connectivity index (χ1) is 23.7. The first-order valence-electron chi connectivity index (χ1n) is 16.2. The molecule has 0 aliphatic carbocycles. The summed E-state index contributed by atoms with van der Waals surface area (Å²) in [5.41, 5.74) is 10.6. The van der Waals surface area contributed by atoms with Crippen LogP contribution in [0.15, 0.2) is 182 Å². The Kier molecular flexibility index (Phi) is 6.76. The van der Waals surface area contributed by atoms with Crippen molar-refractivity contribution in [3.63, 3.8) is 0 Å². The molecule has 0 unspecified atom stereocenters. The summed E-state index contributed by atoms with van der Waals surface area (Å²) in [6.07, 6.45) is 0. The third-order valence-electron chi connectivity index (χ3n) is 9.04. The summed E-state index contributed by atoms with van der Waals surface area (Å²) in [5, 5.41) is 14.3. The minimum absolute atomic E-state index is 0.876. The third-order valence-corrected chi connectivity index (χ3v) is 9.04. The van der Waals surface area contributed by atoms with Gasteiger partial charge in [-0.05, 0) is 117 Å². The molecule has 4 nitrogen and oxygen atoms in total. The van der Waals surface area contributed by atoms with Gasteiger partial charge in [-0.2, -0.15) is 4.80 Å². The van der Waals surface area contributed by atoms with Crippen molar-refractivity contribution in [2.24, 2.45) is 0 Å². The average Bonchev–Trinajstić information content (AvgIpc) is 3.60. The molecule has 0 amide bonds. The summed E-state index contributed by atoms with van der Waals surface area (Å²) in [6.45, 7) is 0. The monoisotopic (exact) mass is 614 g/mol. The van der Waals surface area contributed by atoms with E-state index < -0.39 is 0 Å². The number of rotatable bonds is 6. The summed E-state index contributed by atoms with van der Waals surface area (Å²) in [6, 6.07) is 64.3. The average molecular weight is 615 g/mol. The van der Waals surface area contributed by atoms with Crippen LogP contribution >= 0.6 is 0 Å². The van der Waals surface area contributed by atoms with Crippen LogP contribution in [-0.2, 0) is 0 Å². The van der Waals surface area contributed by atoms with E-state index in [-0.39, 0.29) is 0 Å². The lowest BCUT2D eigenvalue weighted by molar-refractivity contribution is 0.766. The third kappa shape index (κ3) is 5.16. The van der Waals surface area contributed by atoms with Crippen molar-refractivity contribution < 1.29 is 0 Å². The number of benzene rings is 8. The first-order valence-corrected chi connectivity index (χ1v) is 16.2. The van der Waals surface area contributed by atoms with E-state index in [1.807, 2.05) is 24.3 Å². The van der Waals surface area contributed by atoms with Gasteiger partial charge in [-0.1, -0.05) is 109 Å². The molecule has 1 aromatic heterocycles. The van der Waals surface area contributed by atoms with Crippen LogP contribution < -0.4 is 4.90 Å².